The molecule has 0 aliphatic heterocycles. The number of Topliss-reactive ketones (excluding diaryl/α,β-unsaturated/α-hetero) is 1. The van der Waals surface area contributed by atoms with Gasteiger partial charge in [-0.2, -0.15) is 0 Å². The maximum absolute atomic E-state index is 11.7. The molecule has 1 rings (SSSR count). The molecule has 0 aromatic carbocycles. The maximum atomic E-state index is 11.7. The van der Waals surface area contributed by atoms with Gasteiger partial charge in [0.15, 0.2) is 0 Å². The standard InChI is InChI=1S/C12H23NO3S/c1-2-17(15,16)9-6-11(14)10-12(13)7-4-3-5-8-12/h2-10,13H2,1H3. The fraction of sp³-hybridized carbons (Fsp3) is 0.917. The number of rotatable bonds is 6. The lowest BCUT2D eigenvalue weighted by molar-refractivity contribution is -0.120. The summed E-state index contributed by atoms with van der Waals surface area (Å²) in [7, 11) is -3.04. The van der Waals surface area contributed by atoms with Crippen LogP contribution >= 0.6 is 0 Å². The summed E-state index contributed by atoms with van der Waals surface area (Å²) in [6.07, 6.45) is 5.59. The molecule has 0 saturated heterocycles. The topological polar surface area (TPSA) is 77.2 Å². The van der Waals surface area contributed by atoms with Crippen LogP contribution in [0.3, 0.4) is 0 Å². The highest BCUT2D eigenvalue weighted by Gasteiger charge is 2.29. The molecule has 4 nitrogen and oxygen atoms in total. The minimum Gasteiger partial charge on any atom is -0.325 e. The van der Waals surface area contributed by atoms with Gasteiger partial charge in [0.05, 0.1) is 5.75 Å². The monoisotopic (exact) mass is 261 g/mol. The van der Waals surface area contributed by atoms with Crippen LogP contribution < -0.4 is 5.73 Å². The fourth-order valence-electron chi connectivity index (χ4n) is 2.33. The first-order valence-electron chi connectivity index (χ1n) is 6.38. The van der Waals surface area contributed by atoms with E-state index >= 15 is 0 Å². The molecule has 2 N–H and O–H groups in total. The van der Waals surface area contributed by atoms with Gasteiger partial charge in [-0.1, -0.05) is 26.2 Å². The Kier molecular flexibility index (Phi) is 5.13. The summed E-state index contributed by atoms with van der Waals surface area (Å²) >= 11 is 0. The molecule has 0 atom stereocenters. The largest absolute Gasteiger partial charge is 0.325 e. The normalized spacial score (nSPS) is 20.1. The Hall–Kier alpha value is -0.420. The van der Waals surface area contributed by atoms with Crippen molar-refractivity contribution < 1.29 is 13.2 Å². The zero-order valence-electron chi connectivity index (χ0n) is 10.6. The molecule has 0 spiro atoms. The van der Waals surface area contributed by atoms with E-state index in [9.17, 15) is 13.2 Å². The lowest BCUT2D eigenvalue weighted by atomic mass is 9.79. The van der Waals surface area contributed by atoms with Crippen LogP contribution in [-0.2, 0) is 14.6 Å². The van der Waals surface area contributed by atoms with Gasteiger partial charge in [0.1, 0.15) is 15.6 Å². The third-order valence-corrected chi connectivity index (χ3v) is 5.24. The molecule has 1 aliphatic carbocycles. The fourth-order valence-corrected chi connectivity index (χ4v) is 3.15. The van der Waals surface area contributed by atoms with Crippen LogP contribution in [0.5, 0.6) is 0 Å². The quantitative estimate of drug-likeness (QED) is 0.784. The predicted octanol–water partition coefficient (Wildman–Crippen LogP) is 1.43. The number of ketones is 1. The minimum absolute atomic E-state index is 0.00794. The second-order valence-electron chi connectivity index (χ2n) is 5.12. The van der Waals surface area contributed by atoms with Crippen LogP contribution in [0.15, 0.2) is 0 Å². The van der Waals surface area contributed by atoms with E-state index < -0.39 is 9.84 Å². The van der Waals surface area contributed by atoms with Gasteiger partial charge in [-0.25, -0.2) is 8.42 Å². The SMILES string of the molecule is CCS(=O)(=O)CCC(=O)CC1(N)CCCCC1. The summed E-state index contributed by atoms with van der Waals surface area (Å²) in [5, 5.41) is 0. The van der Waals surface area contributed by atoms with Crippen molar-refractivity contribution in [1.82, 2.24) is 0 Å². The number of carbonyl (C=O) groups is 1. The van der Waals surface area contributed by atoms with Crippen LogP contribution in [0.4, 0.5) is 0 Å². The average Bonchev–Trinajstić information content (AvgIpc) is 2.27. The number of nitrogens with two attached hydrogens (primary N) is 1. The summed E-state index contributed by atoms with van der Waals surface area (Å²) in [6, 6.07) is 0. The van der Waals surface area contributed by atoms with Crippen molar-refractivity contribution in [2.45, 2.75) is 57.4 Å². The Morgan fingerprint density at radius 1 is 1.24 bits per heavy atom. The summed E-state index contributed by atoms with van der Waals surface area (Å²) in [4.78, 5) is 11.7. The average molecular weight is 261 g/mol. The Morgan fingerprint density at radius 2 is 1.82 bits per heavy atom. The summed E-state index contributed by atoms with van der Waals surface area (Å²) < 4.78 is 22.6. The Morgan fingerprint density at radius 3 is 2.35 bits per heavy atom. The molecule has 1 fully saturated rings. The molecular weight excluding hydrogens is 238 g/mol. The molecule has 0 amide bonds. The van der Waals surface area contributed by atoms with Gasteiger partial charge in [0.25, 0.3) is 0 Å². The Balaban J connectivity index is 2.39. The van der Waals surface area contributed by atoms with E-state index in [1.165, 1.54) is 6.42 Å². The van der Waals surface area contributed by atoms with E-state index in [4.69, 9.17) is 5.73 Å². The van der Waals surface area contributed by atoms with E-state index in [2.05, 4.69) is 0 Å². The number of hydrogen-bond donors (Lipinski definition) is 1. The van der Waals surface area contributed by atoms with E-state index in [0.717, 1.165) is 25.7 Å². The van der Waals surface area contributed by atoms with Gasteiger partial charge in [0.2, 0.25) is 0 Å². The predicted molar refractivity (Wildman–Crippen MR) is 68.6 cm³/mol. The van der Waals surface area contributed by atoms with E-state index in [1.807, 2.05) is 0 Å². The molecule has 17 heavy (non-hydrogen) atoms. The van der Waals surface area contributed by atoms with Crippen molar-refractivity contribution >= 4 is 15.6 Å². The van der Waals surface area contributed by atoms with Crippen molar-refractivity contribution in [3.05, 3.63) is 0 Å². The van der Waals surface area contributed by atoms with Crippen LogP contribution in [-0.4, -0.2) is 31.2 Å². The number of carbonyl (C=O) groups excluding carboxylic acids is 1. The zero-order chi connectivity index (χ0) is 12.9. The maximum Gasteiger partial charge on any atom is 0.150 e. The van der Waals surface area contributed by atoms with Crippen molar-refractivity contribution in [1.29, 1.82) is 0 Å². The Bertz CT molecular complexity index is 356. The van der Waals surface area contributed by atoms with Gasteiger partial charge in [-0.3, -0.25) is 4.79 Å². The molecule has 0 bridgehead atoms. The van der Waals surface area contributed by atoms with Gasteiger partial charge < -0.3 is 5.73 Å². The molecule has 5 heteroatoms. The highest BCUT2D eigenvalue weighted by atomic mass is 32.2. The van der Waals surface area contributed by atoms with Gasteiger partial charge in [0, 0.05) is 24.1 Å². The van der Waals surface area contributed by atoms with Crippen LogP contribution in [0.2, 0.25) is 0 Å². The lowest BCUT2D eigenvalue weighted by Crippen LogP contribution is -2.43. The first kappa shape index (κ1) is 14.6. The molecule has 1 aliphatic rings. The van der Waals surface area contributed by atoms with E-state index in [-0.39, 0.29) is 29.2 Å². The molecule has 0 aromatic rings. The van der Waals surface area contributed by atoms with Gasteiger partial charge >= 0.3 is 0 Å². The van der Waals surface area contributed by atoms with Crippen LogP contribution in [0.25, 0.3) is 0 Å². The number of sulfone groups is 1. The van der Waals surface area contributed by atoms with Crippen molar-refractivity contribution in [3.8, 4) is 0 Å². The third-order valence-electron chi connectivity index (χ3n) is 3.53. The third kappa shape index (κ3) is 5.17. The van der Waals surface area contributed by atoms with Crippen molar-refractivity contribution in [2.75, 3.05) is 11.5 Å². The zero-order valence-corrected chi connectivity index (χ0v) is 11.4. The second kappa shape index (κ2) is 5.96. The minimum atomic E-state index is -3.04. The highest BCUT2D eigenvalue weighted by molar-refractivity contribution is 7.91. The molecule has 0 heterocycles. The molecular formula is C12H23NO3S. The molecule has 0 radical (unpaired) electrons. The van der Waals surface area contributed by atoms with Crippen molar-refractivity contribution in [2.24, 2.45) is 5.73 Å². The Labute approximate surface area is 104 Å². The smallest absolute Gasteiger partial charge is 0.150 e. The van der Waals surface area contributed by atoms with Crippen LogP contribution in [0.1, 0.15) is 51.9 Å². The van der Waals surface area contributed by atoms with Gasteiger partial charge in [-0.15, -0.1) is 0 Å². The highest BCUT2D eigenvalue weighted by Crippen LogP contribution is 2.29. The summed E-state index contributed by atoms with van der Waals surface area (Å²) in [5.41, 5.74) is 5.79. The first-order valence-corrected chi connectivity index (χ1v) is 8.20. The molecule has 0 unspecified atom stereocenters. The lowest BCUT2D eigenvalue weighted by Gasteiger charge is -2.32. The summed E-state index contributed by atoms with van der Waals surface area (Å²) in [5.74, 6) is 0.0679. The first-order chi connectivity index (χ1) is 7.87. The van der Waals surface area contributed by atoms with Crippen molar-refractivity contribution in [3.63, 3.8) is 0 Å². The molecule has 1 saturated carbocycles. The second-order valence-corrected chi connectivity index (χ2v) is 7.60. The van der Waals surface area contributed by atoms with Gasteiger partial charge in [-0.05, 0) is 12.8 Å². The summed E-state index contributed by atoms with van der Waals surface area (Å²) in [6.45, 7) is 1.60. The van der Waals surface area contributed by atoms with E-state index in [1.54, 1.807) is 6.92 Å². The molecule has 0 aromatic heterocycles. The number of hydrogen-bond acceptors (Lipinski definition) is 4. The molecule has 100 valence electrons. The van der Waals surface area contributed by atoms with Crippen LogP contribution in [0, 0.1) is 0 Å². The van der Waals surface area contributed by atoms with E-state index in [0.29, 0.717) is 6.42 Å².